The molecule has 0 aromatic heterocycles. The number of hydrogen-bond acceptors (Lipinski definition) is 3. The third-order valence-corrected chi connectivity index (χ3v) is 7.31. The Morgan fingerprint density at radius 2 is 1.39 bits per heavy atom. The number of aryl methyl sites for hydroxylation is 2. The van der Waals surface area contributed by atoms with Gasteiger partial charge in [-0.25, -0.2) is 8.42 Å². The van der Waals surface area contributed by atoms with Crippen molar-refractivity contribution in [3.05, 3.63) is 108 Å². The Morgan fingerprint density at radius 3 is 2.06 bits per heavy atom. The highest BCUT2D eigenvalue weighted by atomic mass is 32.2. The summed E-state index contributed by atoms with van der Waals surface area (Å²) in [6.07, 6.45) is 0. The Hall–Kier alpha value is -3.64. The van der Waals surface area contributed by atoms with E-state index in [0.717, 1.165) is 31.8 Å². The maximum atomic E-state index is 13.4. The maximum Gasteiger partial charge on any atom is 0.264 e. The predicted octanol–water partition coefficient (Wildman–Crippen LogP) is 4.97. The average Bonchev–Trinajstić information content (AvgIpc) is 2.82. The number of amides is 1. The van der Waals surface area contributed by atoms with Crippen molar-refractivity contribution in [2.75, 3.05) is 10.8 Å². The zero-order valence-corrected chi connectivity index (χ0v) is 19.5. The van der Waals surface area contributed by atoms with Crippen molar-refractivity contribution in [2.24, 2.45) is 0 Å². The van der Waals surface area contributed by atoms with E-state index >= 15 is 0 Å². The molecule has 168 valence electrons. The number of fused-ring (bicyclic) bond motifs is 1. The summed E-state index contributed by atoms with van der Waals surface area (Å²) in [4.78, 5) is 13.0. The molecule has 0 aliphatic heterocycles. The van der Waals surface area contributed by atoms with Gasteiger partial charge in [-0.15, -0.1) is 0 Å². The van der Waals surface area contributed by atoms with Gasteiger partial charge in [-0.2, -0.15) is 0 Å². The van der Waals surface area contributed by atoms with Crippen LogP contribution in [0.15, 0.2) is 95.9 Å². The van der Waals surface area contributed by atoms with Crippen molar-refractivity contribution in [2.45, 2.75) is 25.3 Å². The molecule has 6 heteroatoms. The number of nitrogens with one attached hydrogen (secondary N) is 1. The van der Waals surface area contributed by atoms with Crippen LogP contribution in [0.4, 0.5) is 5.69 Å². The fourth-order valence-electron chi connectivity index (χ4n) is 3.60. The van der Waals surface area contributed by atoms with Gasteiger partial charge in [0.15, 0.2) is 0 Å². The second-order valence-electron chi connectivity index (χ2n) is 8.12. The molecule has 0 bridgehead atoms. The molecule has 0 radical (unpaired) electrons. The Balaban J connectivity index is 1.55. The summed E-state index contributed by atoms with van der Waals surface area (Å²) in [5.74, 6) is -0.376. The van der Waals surface area contributed by atoms with Crippen LogP contribution in [0.1, 0.15) is 16.7 Å². The standard InChI is InChI=1S/C27H26N2O3S/c1-20-7-13-25(14-8-20)29(33(31,32)26-15-9-21(2)10-16-26)19-27(30)28-18-22-11-12-23-5-3-4-6-24(23)17-22/h3-17H,18-19H2,1-2H3,(H,28,30). The number of anilines is 1. The normalized spacial score (nSPS) is 11.3. The van der Waals surface area contributed by atoms with Crippen LogP contribution in [0.5, 0.6) is 0 Å². The van der Waals surface area contributed by atoms with Crippen LogP contribution in [0.25, 0.3) is 10.8 Å². The van der Waals surface area contributed by atoms with Crippen LogP contribution in [0.2, 0.25) is 0 Å². The monoisotopic (exact) mass is 458 g/mol. The zero-order valence-electron chi connectivity index (χ0n) is 18.7. The molecule has 4 aromatic carbocycles. The molecular formula is C27H26N2O3S. The summed E-state index contributed by atoms with van der Waals surface area (Å²) in [7, 11) is -3.92. The molecule has 0 saturated carbocycles. The number of benzene rings is 4. The SMILES string of the molecule is Cc1ccc(N(CC(=O)NCc2ccc3ccccc3c2)S(=O)(=O)c2ccc(C)cc2)cc1. The minimum absolute atomic E-state index is 0.149. The lowest BCUT2D eigenvalue weighted by Gasteiger charge is -2.24. The van der Waals surface area contributed by atoms with Gasteiger partial charge in [0.2, 0.25) is 5.91 Å². The zero-order chi connectivity index (χ0) is 23.4. The molecule has 4 aromatic rings. The smallest absolute Gasteiger partial charge is 0.264 e. The summed E-state index contributed by atoms with van der Waals surface area (Å²) >= 11 is 0. The highest BCUT2D eigenvalue weighted by Gasteiger charge is 2.27. The van der Waals surface area contributed by atoms with Gasteiger partial charge in [-0.1, -0.05) is 71.8 Å². The molecule has 0 unspecified atom stereocenters. The van der Waals surface area contributed by atoms with Crippen LogP contribution < -0.4 is 9.62 Å². The average molecular weight is 459 g/mol. The highest BCUT2D eigenvalue weighted by Crippen LogP contribution is 2.24. The number of hydrogen-bond donors (Lipinski definition) is 1. The van der Waals surface area contributed by atoms with Gasteiger partial charge in [-0.05, 0) is 60.5 Å². The molecule has 0 heterocycles. The minimum Gasteiger partial charge on any atom is -0.350 e. The summed E-state index contributed by atoms with van der Waals surface area (Å²) < 4.78 is 28.0. The van der Waals surface area contributed by atoms with Crippen molar-refractivity contribution in [3.63, 3.8) is 0 Å². The van der Waals surface area contributed by atoms with Gasteiger partial charge in [0.05, 0.1) is 10.6 Å². The second kappa shape index (κ2) is 9.46. The van der Waals surface area contributed by atoms with Crippen molar-refractivity contribution in [1.82, 2.24) is 5.32 Å². The van der Waals surface area contributed by atoms with Gasteiger partial charge in [0, 0.05) is 6.54 Å². The van der Waals surface area contributed by atoms with E-state index in [4.69, 9.17) is 0 Å². The lowest BCUT2D eigenvalue weighted by Crippen LogP contribution is -2.40. The van der Waals surface area contributed by atoms with Gasteiger partial charge >= 0.3 is 0 Å². The molecule has 33 heavy (non-hydrogen) atoms. The van der Waals surface area contributed by atoms with Crippen LogP contribution in [-0.4, -0.2) is 20.9 Å². The Kier molecular flexibility index (Phi) is 6.47. The first-order valence-electron chi connectivity index (χ1n) is 10.7. The van der Waals surface area contributed by atoms with E-state index in [1.165, 1.54) is 0 Å². The van der Waals surface area contributed by atoms with Crippen LogP contribution in [-0.2, 0) is 21.4 Å². The lowest BCUT2D eigenvalue weighted by atomic mass is 10.1. The quantitative estimate of drug-likeness (QED) is 0.425. The van der Waals surface area contributed by atoms with Gasteiger partial charge in [0.1, 0.15) is 6.54 Å². The predicted molar refractivity (Wildman–Crippen MR) is 133 cm³/mol. The molecule has 0 aliphatic carbocycles. The molecule has 5 nitrogen and oxygen atoms in total. The van der Waals surface area contributed by atoms with Crippen LogP contribution >= 0.6 is 0 Å². The van der Waals surface area contributed by atoms with E-state index in [9.17, 15) is 13.2 Å². The number of nitrogens with zero attached hydrogens (tertiary/aromatic N) is 1. The van der Waals surface area contributed by atoms with Crippen molar-refractivity contribution < 1.29 is 13.2 Å². The largest absolute Gasteiger partial charge is 0.350 e. The number of carbonyl (C=O) groups excluding carboxylic acids is 1. The molecular weight excluding hydrogens is 432 g/mol. The molecule has 0 spiro atoms. The minimum atomic E-state index is -3.92. The van der Waals surface area contributed by atoms with Crippen LogP contribution in [0, 0.1) is 13.8 Å². The third-order valence-electron chi connectivity index (χ3n) is 5.52. The van der Waals surface area contributed by atoms with Crippen molar-refractivity contribution in [3.8, 4) is 0 Å². The molecule has 4 rings (SSSR count). The molecule has 0 fully saturated rings. The van der Waals surface area contributed by atoms with E-state index in [1.54, 1.807) is 36.4 Å². The molecule has 0 saturated heterocycles. The van der Waals surface area contributed by atoms with Crippen molar-refractivity contribution >= 4 is 32.4 Å². The van der Waals surface area contributed by atoms with E-state index < -0.39 is 10.0 Å². The van der Waals surface area contributed by atoms with E-state index in [1.807, 2.05) is 68.4 Å². The summed E-state index contributed by atoms with van der Waals surface area (Å²) in [6.45, 7) is 3.83. The van der Waals surface area contributed by atoms with Gasteiger partial charge in [0.25, 0.3) is 10.0 Å². The fraction of sp³-hybridized carbons (Fsp3) is 0.148. The first-order valence-corrected chi connectivity index (χ1v) is 12.2. The lowest BCUT2D eigenvalue weighted by molar-refractivity contribution is -0.119. The Morgan fingerprint density at radius 1 is 0.788 bits per heavy atom. The number of sulfonamides is 1. The molecule has 0 atom stereocenters. The summed E-state index contributed by atoms with van der Waals surface area (Å²) in [6, 6.07) is 27.8. The Bertz CT molecular complexity index is 1380. The van der Waals surface area contributed by atoms with E-state index in [2.05, 4.69) is 5.32 Å². The van der Waals surface area contributed by atoms with E-state index in [0.29, 0.717) is 12.2 Å². The number of rotatable bonds is 7. The fourth-order valence-corrected chi connectivity index (χ4v) is 5.02. The third kappa shape index (κ3) is 5.23. The molecule has 1 amide bonds. The maximum absolute atomic E-state index is 13.4. The molecule has 1 N–H and O–H groups in total. The Labute approximate surface area is 194 Å². The second-order valence-corrected chi connectivity index (χ2v) is 9.98. The first kappa shape index (κ1) is 22.6. The highest BCUT2D eigenvalue weighted by molar-refractivity contribution is 7.92. The molecule has 0 aliphatic rings. The van der Waals surface area contributed by atoms with Crippen molar-refractivity contribution in [1.29, 1.82) is 0 Å². The summed E-state index contributed by atoms with van der Waals surface area (Å²) in [5, 5.41) is 5.08. The van der Waals surface area contributed by atoms with Crippen LogP contribution in [0.3, 0.4) is 0 Å². The van der Waals surface area contributed by atoms with Gasteiger partial charge in [-0.3, -0.25) is 9.10 Å². The number of carbonyl (C=O) groups is 1. The van der Waals surface area contributed by atoms with Gasteiger partial charge < -0.3 is 5.32 Å². The summed E-state index contributed by atoms with van der Waals surface area (Å²) in [5.41, 5.74) is 3.36. The topological polar surface area (TPSA) is 66.5 Å². The first-order chi connectivity index (χ1) is 15.8. The van der Waals surface area contributed by atoms with E-state index in [-0.39, 0.29) is 17.3 Å².